The number of nitrogens with one attached hydrogen (secondary N) is 1. The Bertz CT molecular complexity index is 626. The number of nitrogens with zero attached hydrogens (tertiary/aromatic N) is 1. The van der Waals surface area contributed by atoms with E-state index in [9.17, 15) is 13.2 Å². The molecule has 1 atom stereocenters. The van der Waals surface area contributed by atoms with Crippen LogP contribution in [0.25, 0.3) is 0 Å². The lowest BCUT2D eigenvalue weighted by molar-refractivity contribution is -0.137. The third-order valence-corrected chi connectivity index (χ3v) is 4.35. The smallest absolute Gasteiger partial charge is 0.271 e. The van der Waals surface area contributed by atoms with E-state index >= 15 is 0 Å². The quantitative estimate of drug-likeness (QED) is 0.671. The normalized spacial score (nSPS) is 13.5. The summed E-state index contributed by atoms with van der Waals surface area (Å²) in [6.45, 7) is 5.82. The number of aryl methyl sites for hydroxylation is 3. The fourth-order valence-electron chi connectivity index (χ4n) is 2.51. The second-order valence-electron chi connectivity index (χ2n) is 4.98. The molecular formula is C14H16F3N3S. The predicted octanol–water partition coefficient (Wildman–Crippen LogP) is 3.64. The Morgan fingerprint density at radius 3 is 2.19 bits per heavy atom. The number of thiazole rings is 1. The van der Waals surface area contributed by atoms with Crippen molar-refractivity contribution in [1.29, 1.82) is 0 Å². The van der Waals surface area contributed by atoms with Gasteiger partial charge in [-0.25, -0.2) is 10.4 Å². The van der Waals surface area contributed by atoms with E-state index < -0.39 is 17.2 Å². The van der Waals surface area contributed by atoms with Gasteiger partial charge in [0.25, 0.3) is 0 Å². The van der Waals surface area contributed by atoms with Crippen LogP contribution in [0.15, 0.2) is 18.3 Å². The predicted molar refractivity (Wildman–Crippen MR) is 76.9 cm³/mol. The zero-order valence-corrected chi connectivity index (χ0v) is 12.7. The van der Waals surface area contributed by atoms with Crippen LogP contribution in [0.5, 0.6) is 0 Å². The summed E-state index contributed by atoms with van der Waals surface area (Å²) in [4.78, 5) is 3.90. The maximum atomic E-state index is 12.7. The van der Waals surface area contributed by atoms with E-state index in [1.807, 2.05) is 32.9 Å². The van der Waals surface area contributed by atoms with Gasteiger partial charge in [-0.1, -0.05) is 17.7 Å². The maximum absolute atomic E-state index is 12.7. The van der Waals surface area contributed by atoms with Gasteiger partial charge in [-0.05, 0) is 37.5 Å². The largest absolute Gasteiger partial charge is 0.443 e. The lowest BCUT2D eigenvalue weighted by Crippen LogP contribution is -2.29. The molecule has 0 saturated carbocycles. The van der Waals surface area contributed by atoms with Gasteiger partial charge in [0, 0.05) is 11.1 Å². The van der Waals surface area contributed by atoms with Gasteiger partial charge in [0.1, 0.15) is 0 Å². The van der Waals surface area contributed by atoms with Crippen LogP contribution in [-0.2, 0) is 6.18 Å². The number of aromatic nitrogens is 1. The van der Waals surface area contributed by atoms with Gasteiger partial charge in [-0.2, -0.15) is 13.2 Å². The number of hydrogen-bond donors (Lipinski definition) is 2. The van der Waals surface area contributed by atoms with Crippen LogP contribution in [0.2, 0.25) is 0 Å². The van der Waals surface area contributed by atoms with Crippen molar-refractivity contribution in [3.8, 4) is 0 Å². The van der Waals surface area contributed by atoms with Crippen LogP contribution >= 0.6 is 11.3 Å². The zero-order valence-electron chi connectivity index (χ0n) is 11.9. The molecule has 0 saturated heterocycles. The first-order valence-electron chi connectivity index (χ1n) is 6.31. The van der Waals surface area contributed by atoms with Gasteiger partial charge in [-0.3, -0.25) is 5.84 Å². The molecule has 1 unspecified atom stereocenters. The second-order valence-corrected chi connectivity index (χ2v) is 6.04. The molecule has 21 heavy (non-hydrogen) atoms. The Morgan fingerprint density at radius 1 is 1.19 bits per heavy atom. The van der Waals surface area contributed by atoms with Crippen molar-refractivity contribution in [2.45, 2.75) is 33.0 Å². The molecule has 0 aliphatic heterocycles. The van der Waals surface area contributed by atoms with E-state index in [1.54, 1.807) is 0 Å². The van der Waals surface area contributed by atoms with E-state index in [0.717, 1.165) is 22.3 Å². The summed E-state index contributed by atoms with van der Waals surface area (Å²) in [5, 5.41) is -0.861. The van der Waals surface area contributed by atoms with Gasteiger partial charge in [0.05, 0.1) is 6.04 Å². The molecule has 2 aromatic rings. The topological polar surface area (TPSA) is 50.9 Å². The molecule has 3 N–H and O–H groups in total. The average Bonchev–Trinajstić information content (AvgIpc) is 2.82. The number of hydrogen-bond acceptors (Lipinski definition) is 4. The number of alkyl halides is 3. The Morgan fingerprint density at radius 2 is 1.76 bits per heavy atom. The molecule has 1 heterocycles. The van der Waals surface area contributed by atoms with Crippen LogP contribution in [0, 0.1) is 20.8 Å². The van der Waals surface area contributed by atoms with Crippen LogP contribution in [-0.4, -0.2) is 4.98 Å². The highest BCUT2D eigenvalue weighted by Gasteiger charge is 2.35. The SMILES string of the molecule is Cc1cc(C)c(C(NN)c2cnc(C(F)(F)F)s2)c(C)c1. The number of halogens is 3. The summed E-state index contributed by atoms with van der Waals surface area (Å²) >= 11 is 0.610. The first kappa shape index (κ1) is 15.9. The fraction of sp³-hybridized carbons (Fsp3) is 0.357. The molecule has 7 heteroatoms. The lowest BCUT2D eigenvalue weighted by atomic mass is 9.94. The lowest BCUT2D eigenvalue weighted by Gasteiger charge is -2.20. The second kappa shape index (κ2) is 5.75. The van der Waals surface area contributed by atoms with Crippen molar-refractivity contribution in [2.75, 3.05) is 0 Å². The number of rotatable bonds is 3. The number of hydrazine groups is 1. The molecule has 1 aromatic heterocycles. The minimum absolute atomic E-state index is 0.444. The van der Waals surface area contributed by atoms with Gasteiger partial charge in [-0.15, -0.1) is 11.3 Å². The summed E-state index contributed by atoms with van der Waals surface area (Å²) in [5.74, 6) is 5.58. The molecule has 3 nitrogen and oxygen atoms in total. The molecule has 0 fully saturated rings. The molecule has 114 valence electrons. The minimum Gasteiger partial charge on any atom is -0.271 e. The van der Waals surface area contributed by atoms with Crippen molar-refractivity contribution in [3.63, 3.8) is 0 Å². The van der Waals surface area contributed by atoms with Crippen molar-refractivity contribution in [2.24, 2.45) is 5.84 Å². The minimum atomic E-state index is -4.43. The number of nitrogens with two attached hydrogens (primary N) is 1. The van der Waals surface area contributed by atoms with E-state index in [0.29, 0.717) is 16.2 Å². The van der Waals surface area contributed by atoms with E-state index in [-0.39, 0.29) is 0 Å². The zero-order chi connectivity index (χ0) is 15.8. The van der Waals surface area contributed by atoms with Crippen molar-refractivity contribution in [3.05, 3.63) is 50.5 Å². The summed E-state index contributed by atoms with van der Waals surface area (Å²) in [7, 11) is 0. The molecular weight excluding hydrogens is 299 g/mol. The van der Waals surface area contributed by atoms with Crippen molar-refractivity contribution >= 4 is 11.3 Å². The monoisotopic (exact) mass is 315 g/mol. The fourth-order valence-corrected chi connectivity index (χ4v) is 3.36. The van der Waals surface area contributed by atoms with E-state index in [1.165, 1.54) is 6.20 Å². The van der Waals surface area contributed by atoms with E-state index in [4.69, 9.17) is 5.84 Å². The Hall–Kier alpha value is -1.44. The first-order valence-corrected chi connectivity index (χ1v) is 7.12. The Kier molecular flexibility index (Phi) is 4.36. The Balaban J connectivity index is 2.48. The highest BCUT2D eigenvalue weighted by atomic mass is 32.1. The average molecular weight is 315 g/mol. The third-order valence-electron chi connectivity index (χ3n) is 3.24. The summed E-state index contributed by atoms with van der Waals surface area (Å²) in [5.41, 5.74) is 6.56. The molecule has 0 spiro atoms. The molecule has 2 rings (SSSR count). The Labute approximate surface area is 125 Å². The standard InChI is InChI=1S/C14H16F3N3S/c1-7-4-8(2)11(9(3)5-7)12(20-18)10-6-19-13(21-10)14(15,16)17/h4-6,12,20H,18H2,1-3H3. The summed E-state index contributed by atoms with van der Waals surface area (Å²) in [6, 6.07) is 3.47. The van der Waals surface area contributed by atoms with Gasteiger partial charge in [0.2, 0.25) is 0 Å². The van der Waals surface area contributed by atoms with Crippen LogP contribution < -0.4 is 11.3 Å². The maximum Gasteiger partial charge on any atom is 0.443 e. The molecule has 0 bridgehead atoms. The summed E-state index contributed by atoms with van der Waals surface area (Å²) < 4.78 is 38.0. The van der Waals surface area contributed by atoms with Gasteiger partial charge in [0.15, 0.2) is 5.01 Å². The van der Waals surface area contributed by atoms with Gasteiger partial charge < -0.3 is 0 Å². The molecule has 0 amide bonds. The van der Waals surface area contributed by atoms with Gasteiger partial charge >= 0.3 is 6.18 Å². The molecule has 0 aliphatic rings. The van der Waals surface area contributed by atoms with E-state index in [2.05, 4.69) is 10.4 Å². The van der Waals surface area contributed by atoms with Crippen LogP contribution in [0.1, 0.15) is 38.2 Å². The van der Waals surface area contributed by atoms with Crippen LogP contribution in [0.4, 0.5) is 13.2 Å². The molecule has 0 aliphatic carbocycles. The highest BCUT2D eigenvalue weighted by Crippen LogP contribution is 2.37. The third kappa shape index (κ3) is 3.25. The van der Waals surface area contributed by atoms with Crippen molar-refractivity contribution < 1.29 is 13.2 Å². The van der Waals surface area contributed by atoms with Crippen molar-refractivity contribution in [1.82, 2.24) is 10.4 Å². The van der Waals surface area contributed by atoms with Crippen LogP contribution in [0.3, 0.4) is 0 Å². The number of benzene rings is 1. The molecule has 0 radical (unpaired) electrons. The summed E-state index contributed by atoms with van der Waals surface area (Å²) in [6.07, 6.45) is -3.20. The highest BCUT2D eigenvalue weighted by molar-refractivity contribution is 7.11. The first-order chi connectivity index (χ1) is 9.74. The molecule has 1 aromatic carbocycles.